The quantitative estimate of drug-likeness (QED) is 0.149. The molecular weight excluding hydrogens is 669 g/mol. The van der Waals surface area contributed by atoms with Crippen LogP contribution in [0.25, 0.3) is 54.9 Å². The van der Waals surface area contributed by atoms with Gasteiger partial charge in [-0.1, -0.05) is 84.9 Å². The first-order chi connectivity index (χ1) is 25.2. The van der Waals surface area contributed by atoms with E-state index >= 15 is 0 Å². The molecule has 4 nitrogen and oxygen atoms in total. The van der Waals surface area contributed by atoms with Gasteiger partial charge >= 0.3 is 0 Å². The van der Waals surface area contributed by atoms with Crippen molar-refractivity contribution in [1.82, 2.24) is 0 Å². The fourth-order valence-electron chi connectivity index (χ4n) is 8.04. The van der Waals surface area contributed by atoms with Crippen molar-refractivity contribution >= 4 is 44.2 Å². The van der Waals surface area contributed by atoms with Crippen LogP contribution in [0.15, 0.2) is 143 Å². The van der Waals surface area contributed by atoms with Gasteiger partial charge in [-0.2, -0.15) is 22.7 Å². The molecular formula is C45H34O4S2. The molecule has 0 unspecified atom stereocenters. The van der Waals surface area contributed by atoms with Gasteiger partial charge in [-0.3, -0.25) is 0 Å². The lowest BCUT2D eigenvalue weighted by molar-refractivity contribution is 0.203. The average molecular weight is 703 g/mol. The standard InChI is InChI=1S/C45H34O4S2/c46-19-21-48-43-15-13-39(33-5-1-3-7-35(33)43)45(40-14-16-44(49-22-20-47)36-8-4-2-6-34(36)40)41-11-9-29(31-17-23-50-27-31)25-37(41)38-26-30(10-12-42(38)45)32-18-24-51-28-32/h1-18,23-28,46-47H,19-22H2. The third-order valence-corrected chi connectivity index (χ3v) is 11.5. The summed E-state index contributed by atoms with van der Waals surface area (Å²) in [4.78, 5) is 0. The van der Waals surface area contributed by atoms with Gasteiger partial charge in [0.05, 0.1) is 18.6 Å². The zero-order valence-electron chi connectivity index (χ0n) is 27.7. The van der Waals surface area contributed by atoms with Crippen LogP contribution in [0.3, 0.4) is 0 Å². The second-order valence-electron chi connectivity index (χ2n) is 12.8. The molecule has 6 aromatic carbocycles. The molecule has 0 radical (unpaired) electrons. The first-order valence-corrected chi connectivity index (χ1v) is 19.0. The lowest BCUT2D eigenvalue weighted by Gasteiger charge is -2.36. The van der Waals surface area contributed by atoms with Crippen LogP contribution in [0.2, 0.25) is 0 Å². The van der Waals surface area contributed by atoms with E-state index in [-0.39, 0.29) is 26.4 Å². The summed E-state index contributed by atoms with van der Waals surface area (Å²) in [5, 5.41) is 32.1. The predicted octanol–water partition coefficient (Wildman–Crippen LogP) is 10.6. The maximum Gasteiger partial charge on any atom is 0.127 e. The first kappa shape index (κ1) is 31.7. The van der Waals surface area contributed by atoms with Crippen molar-refractivity contribution < 1.29 is 19.7 Å². The summed E-state index contributed by atoms with van der Waals surface area (Å²) in [7, 11) is 0. The summed E-state index contributed by atoms with van der Waals surface area (Å²) in [6.45, 7) is 0.320. The number of aliphatic hydroxyl groups excluding tert-OH is 2. The minimum Gasteiger partial charge on any atom is -0.491 e. The Morgan fingerprint density at radius 2 is 0.882 bits per heavy atom. The van der Waals surface area contributed by atoms with E-state index in [1.54, 1.807) is 22.7 Å². The van der Waals surface area contributed by atoms with Crippen LogP contribution in [-0.4, -0.2) is 36.6 Å². The summed E-state index contributed by atoms with van der Waals surface area (Å²) in [6, 6.07) is 43.8. The Morgan fingerprint density at radius 1 is 0.451 bits per heavy atom. The van der Waals surface area contributed by atoms with Gasteiger partial charge in [0.25, 0.3) is 0 Å². The van der Waals surface area contributed by atoms with Crippen molar-refractivity contribution in [2.45, 2.75) is 5.41 Å². The van der Waals surface area contributed by atoms with E-state index in [9.17, 15) is 10.2 Å². The third-order valence-electron chi connectivity index (χ3n) is 10.1. The average Bonchev–Trinajstić information content (AvgIpc) is 3.97. The molecule has 1 aliphatic carbocycles. The van der Waals surface area contributed by atoms with Crippen molar-refractivity contribution in [3.05, 3.63) is 165 Å². The Labute approximate surface area is 304 Å². The molecule has 0 atom stereocenters. The van der Waals surface area contributed by atoms with Crippen molar-refractivity contribution in [3.63, 3.8) is 0 Å². The highest BCUT2D eigenvalue weighted by Crippen LogP contribution is 2.60. The van der Waals surface area contributed by atoms with E-state index in [2.05, 4.69) is 131 Å². The fraction of sp³-hybridized carbons (Fsp3) is 0.111. The molecule has 1 aliphatic rings. The van der Waals surface area contributed by atoms with Crippen molar-refractivity contribution in [1.29, 1.82) is 0 Å². The fourth-order valence-corrected chi connectivity index (χ4v) is 9.37. The highest BCUT2D eigenvalue weighted by atomic mass is 32.1. The molecule has 9 rings (SSSR count). The lowest BCUT2D eigenvalue weighted by atomic mass is 9.65. The predicted molar refractivity (Wildman–Crippen MR) is 211 cm³/mol. The summed E-state index contributed by atoms with van der Waals surface area (Å²) >= 11 is 3.42. The Bertz CT molecular complexity index is 2340. The molecule has 2 N–H and O–H groups in total. The molecule has 2 aromatic heterocycles. The SMILES string of the molecule is OCCOc1ccc(C2(c3ccc(OCCO)c4ccccc34)c3ccc(-c4ccsc4)cc3-c3cc(-c4ccsc4)ccc32)c2ccccc12. The van der Waals surface area contributed by atoms with Gasteiger partial charge < -0.3 is 19.7 Å². The number of ether oxygens (including phenoxy) is 2. The number of rotatable bonds is 10. The highest BCUT2D eigenvalue weighted by molar-refractivity contribution is 7.08. The Hall–Kier alpha value is -5.24. The van der Waals surface area contributed by atoms with Crippen LogP contribution in [0, 0.1) is 0 Å². The topological polar surface area (TPSA) is 58.9 Å². The van der Waals surface area contributed by atoms with Crippen LogP contribution in [0.1, 0.15) is 22.3 Å². The zero-order chi connectivity index (χ0) is 34.4. The van der Waals surface area contributed by atoms with E-state index in [4.69, 9.17) is 9.47 Å². The van der Waals surface area contributed by atoms with E-state index in [0.29, 0.717) is 0 Å². The van der Waals surface area contributed by atoms with E-state index in [1.165, 1.54) is 44.5 Å². The maximum atomic E-state index is 9.65. The summed E-state index contributed by atoms with van der Waals surface area (Å²) in [5.41, 5.74) is 11.2. The summed E-state index contributed by atoms with van der Waals surface area (Å²) in [6.07, 6.45) is 0. The van der Waals surface area contributed by atoms with E-state index in [1.807, 2.05) is 12.1 Å². The molecule has 8 aromatic rings. The van der Waals surface area contributed by atoms with Crippen LogP contribution in [0.4, 0.5) is 0 Å². The largest absolute Gasteiger partial charge is 0.491 e. The number of hydrogen-bond acceptors (Lipinski definition) is 6. The summed E-state index contributed by atoms with van der Waals surface area (Å²) in [5.74, 6) is 1.49. The number of benzene rings is 6. The van der Waals surface area contributed by atoms with Gasteiger partial charge in [-0.15, -0.1) is 0 Å². The zero-order valence-corrected chi connectivity index (χ0v) is 29.3. The van der Waals surface area contributed by atoms with Gasteiger partial charge in [0.2, 0.25) is 0 Å². The molecule has 250 valence electrons. The van der Waals surface area contributed by atoms with Crippen LogP contribution >= 0.6 is 22.7 Å². The summed E-state index contributed by atoms with van der Waals surface area (Å²) < 4.78 is 12.2. The first-order valence-electron chi connectivity index (χ1n) is 17.1. The number of thiophene rings is 2. The highest BCUT2D eigenvalue weighted by Gasteiger charge is 2.48. The lowest BCUT2D eigenvalue weighted by Crippen LogP contribution is -2.29. The van der Waals surface area contributed by atoms with Crippen molar-refractivity contribution in [2.75, 3.05) is 26.4 Å². The smallest absolute Gasteiger partial charge is 0.127 e. The molecule has 0 fully saturated rings. The van der Waals surface area contributed by atoms with Gasteiger partial charge in [-0.25, -0.2) is 0 Å². The Morgan fingerprint density at radius 3 is 1.29 bits per heavy atom. The molecule has 2 heterocycles. The maximum absolute atomic E-state index is 9.65. The minimum absolute atomic E-state index is 0.0591. The third kappa shape index (κ3) is 5.09. The van der Waals surface area contributed by atoms with Gasteiger partial charge in [0, 0.05) is 10.8 Å². The Kier molecular flexibility index (Phi) is 8.17. The normalized spacial score (nSPS) is 13.0. The van der Waals surface area contributed by atoms with Gasteiger partial charge in [-0.05, 0) is 124 Å². The molecule has 0 amide bonds. The molecule has 6 heteroatoms. The van der Waals surface area contributed by atoms with Crippen LogP contribution in [-0.2, 0) is 5.41 Å². The second kappa shape index (κ2) is 13.1. The van der Waals surface area contributed by atoms with E-state index < -0.39 is 5.41 Å². The number of hydrogen-bond donors (Lipinski definition) is 2. The van der Waals surface area contributed by atoms with Crippen LogP contribution in [0.5, 0.6) is 11.5 Å². The van der Waals surface area contributed by atoms with Gasteiger partial charge in [0.15, 0.2) is 0 Å². The van der Waals surface area contributed by atoms with Crippen molar-refractivity contribution in [3.8, 4) is 44.9 Å². The molecule has 0 spiro atoms. The van der Waals surface area contributed by atoms with Gasteiger partial charge in [0.1, 0.15) is 24.7 Å². The molecule has 0 aliphatic heterocycles. The second-order valence-corrected chi connectivity index (χ2v) is 14.3. The molecule has 51 heavy (non-hydrogen) atoms. The van der Waals surface area contributed by atoms with Crippen molar-refractivity contribution in [2.24, 2.45) is 0 Å². The molecule has 0 bridgehead atoms. The van der Waals surface area contributed by atoms with Crippen LogP contribution < -0.4 is 9.47 Å². The monoisotopic (exact) mass is 702 g/mol. The molecule has 0 saturated carbocycles. The number of aliphatic hydroxyl groups is 2. The minimum atomic E-state index is -0.727. The number of fused-ring (bicyclic) bond motifs is 5. The van der Waals surface area contributed by atoms with E-state index in [0.717, 1.165) is 44.2 Å². The molecule has 0 saturated heterocycles. The Balaban J connectivity index is 1.43.